The molecule has 0 aromatic carbocycles. The van der Waals surface area contributed by atoms with E-state index in [4.69, 9.17) is 10.5 Å². The zero-order valence-corrected chi connectivity index (χ0v) is 11.5. The van der Waals surface area contributed by atoms with Crippen LogP contribution in [0.2, 0.25) is 0 Å². The van der Waals surface area contributed by atoms with E-state index < -0.39 is 0 Å². The van der Waals surface area contributed by atoms with Crippen LogP contribution in [-0.2, 0) is 4.74 Å². The van der Waals surface area contributed by atoms with Crippen molar-refractivity contribution in [1.82, 2.24) is 4.98 Å². The molecule has 2 N–H and O–H groups in total. The van der Waals surface area contributed by atoms with Crippen LogP contribution >= 0.6 is 0 Å². The summed E-state index contributed by atoms with van der Waals surface area (Å²) in [6, 6.07) is 4.48. The second kappa shape index (κ2) is 5.67. The van der Waals surface area contributed by atoms with Crippen molar-refractivity contribution in [2.24, 2.45) is 5.73 Å². The molecule has 1 aliphatic rings. The van der Waals surface area contributed by atoms with Crippen LogP contribution < -0.4 is 10.6 Å². The number of hydrogen-bond donors (Lipinski definition) is 1. The molecule has 1 aromatic heterocycles. The first kappa shape index (κ1) is 13.3. The monoisotopic (exact) mass is 249 g/mol. The number of pyridine rings is 1. The van der Waals surface area contributed by atoms with E-state index in [2.05, 4.69) is 22.9 Å². The van der Waals surface area contributed by atoms with Crippen LogP contribution in [-0.4, -0.2) is 30.8 Å². The molecule has 2 unspecified atom stereocenters. The van der Waals surface area contributed by atoms with Gasteiger partial charge in [0, 0.05) is 37.5 Å². The Morgan fingerprint density at radius 1 is 1.56 bits per heavy atom. The molecule has 0 aliphatic carbocycles. The summed E-state index contributed by atoms with van der Waals surface area (Å²) >= 11 is 0. The Bertz CT molecular complexity index is 394. The number of anilines is 1. The second-order valence-electron chi connectivity index (χ2n) is 5.13. The number of hydrogen-bond acceptors (Lipinski definition) is 4. The van der Waals surface area contributed by atoms with Crippen LogP contribution in [0.1, 0.15) is 38.3 Å². The number of ether oxygens (including phenoxy) is 1. The Balaban J connectivity index is 2.22. The van der Waals surface area contributed by atoms with Crippen molar-refractivity contribution in [2.45, 2.75) is 44.9 Å². The van der Waals surface area contributed by atoms with E-state index in [9.17, 15) is 0 Å². The van der Waals surface area contributed by atoms with E-state index in [1.165, 1.54) is 0 Å². The summed E-state index contributed by atoms with van der Waals surface area (Å²) in [4.78, 5) is 6.89. The van der Waals surface area contributed by atoms with Crippen molar-refractivity contribution in [3.63, 3.8) is 0 Å². The number of nitrogens with zero attached hydrogens (tertiary/aromatic N) is 2. The summed E-state index contributed by atoms with van der Waals surface area (Å²) in [5.41, 5.74) is 7.15. The summed E-state index contributed by atoms with van der Waals surface area (Å²) in [5.74, 6) is 1.04. The third-order valence-electron chi connectivity index (χ3n) is 3.74. The molecule has 1 aromatic rings. The van der Waals surface area contributed by atoms with Crippen molar-refractivity contribution < 1.29 is 4.74 Å². The molecular formula is C14H23N3O. The Morgan fingerprint density at radius 3 is 2.94 bits per heavy atom. The predicted molar refractivity (Wildman–Crippen MR) is 73.7 cm³/mol. The number of piperidine rings is 1. The highest BCUT2D eigenvalue weighted by molar-refractivity contribution is 5.49. The third kappa shape index (κ3) is 2.65. The fraction of sp³-hybridized carbons (Fsp3) is 0.643. The van der Waals surface area contributed by atoms with Gasteiger partial charge >= 0.3 is 0 Å². The quantitative estimate of drug-likeness (QED) is 0.891. The van der Waals surface area contributed by atoms with Gasteiger partial charge in [0.15, 0.2) is 0 Å². The lowest BCUT2D eigenvalue weighted by molar-refractivity contribution is 0.0719. The summed E-state index contributed by atoms with van der Waals surface area (Å²) < 4.78 is 5.45. The summed E-state index contributed by atoms with van der Waals surface area (Å²) in [6.07, 6.45) is 4.32. The Labute approximate surface area is 109 Å². The van der Waals surface area contributed by atoms with E-state index in [-0.39, 0.29) is 6.04 Å². The highest BCUT2D eigenvalue weighted by Crippen LogP contribution is 2.29. The highest BCUT2D eigenvalue weighted by Gasteiger charge is 2.27. The lowest BCUT2D eigenvalue weighted by Crippen LogP contribution is -2.44. The number of nitrogens with two attached hydrogens (primary N) is 1. The Morgan fingerprint density at radius 2 is 2.33 bits per heavy atom. The van der Waals surface area contributed by atoms with Crippen molar-refractivity contribution in [2.75, 3.05) is 18.6 Å². The first-order valence-electron chi connectivity index (χ1n) is 6.63. The molecule has 0 amide bonds. The first-order valence-corrected chi connectivity index (χ1v) is 6.63. The minimum atomic E-state index is 0.0149. The van der Waals surface area contributed by atoms with E-state index in [1.807, 2.05) is 19.2 Å². The smallest absolute Gasteiger partial charge is 0.133 e. The topological polar surface area (TPSA) is 51.4 Å². The van der Waals surface area contributed by atoms with Gasteiger partial charge in [0.05, 0.1) is 6.10 Å². The molecule has 0 saturated carbocycles. The number of aromatic nitrogens is 1. The average Bonchev–Trinajstić information content (AvgIpc) is 2.38. The van der Waals surface area contributed by atoms with Crippen molar-refractivity contribution in [1.29, 1.82) is 0 Å². The molecule has 4 nitrogen and oxygen atoms in total. The minimum Gasteiger partial charge on any atom is -0.381 e. The van der Waals surface area contributed by atoms with Gasteiger partial charge in [0.2, 0.25) is 0 Å². The van der Waals surface area contributed by atoms with Crippen LogP contribution in [0.25, 0.3) is 0 Å². The molecule has 2 heterocycles. The second-order valence-corrected chi connectivity index (χ2v) is 5.13. The van der Waals surface area contributed by atoms with Gasteiger partial charge < -0.3 is 15.4 Å². The molecule has 1 aliphatic heterocycles. The van der Waals surface area contributed by atoms with Gasteiger partial charge in [0.25, 0.3) is 0 Å². The van der Waals surface area contributed by atoms with Crippen LogP contribution in [0.3, 0.4) is 0 Å². The first-order chi connectivity index (χ1) is 8.63. The van der Waals surface area contributed by atoms with Gasteiger partial charge in [-0.15, -0.1) is 0 Å². The lowest BCUT2D eigenvalue weighted by Gasteiger charge is -2.39. The molecule has 1 saturated heterocycles. The highest BCUT2D eigenvalue weighted by atomic mass is 16.5. The third-order valence-corrected chi connectivity index (χ3v) is 3.74. The predicted octanol–water partition coefficient (Wildman–Crippen LogP) is 2.10. The van der Waals surface area contributed by atoms with E-state index >= 15 is 0 Å². The summed E-state index contributed by atoms with van der Waals surface area (Å²) in [7, 11) is 1.79. The van der Waals surface area contributed by atoms with Crippen molar-refractivity contribution in [3.05, 3.63) is 23.9 Å². The van der Waals surface area contributed by atoms with Gasteiger partial charge in [-0.25, -0.2) is 4.98 Å². The molecule has 1 fully saturated rings. The van der Waals surface area contributed by atoms with Crippen LogP contribution in [0.15, 0.2) is 18.3 Å². The van der Waals surface area contributed by atoms with Gasteiger partial charge in [0.1, 0.15) is 5.82 Å². The zero-order valence-electron chi connectivity index (χ0n) is 11.5. The van der Waals surface area contributed by atoms with Gasteiger partial charge in [-0.2, -0.15) is 0 Å². The SMILES string of the molecule is COC1CCN(c2ncccc2[C@@H](C)N)C(C)C1. The molecule has 18 heavy (non-hydrogen) atoms. The van der Waals surface area contributed by atoms with Crippen LogP contribution in [0.4, 0.5) is 5.82 Å². The lowest BCUT2D eigenvalue weighted by atomic mass is 9.99. The largest absolute Gasteiger partial charge is 0.381 e. The number of rotatable bonds is 3. The molecule has 2 rings (SSSR count). The Kier molecular flexibility index (Phi) is 4.19. The van der Waals surface area contributed by atoms with Gasteiger partial charge in [-0.05, 0) is 32.8 Å². The molecule has 100 valence electrons. The van der Waals surface area contributed by atoms with Gasteiger partial charge in [-0.1, -0.05) is 6.07 Å². The summed E-state index contributed by atoms with van der Waals surface area (Å²) in [6.45, 7) is 5.22. The normalized spacial score (nSPS) is 26.1. The van der Waals surface area contributed by atoms with Crippen LogP contribution in [0.5, 0.6) is 0 Å². The molecular weight excluding hydrogens is 226 g/mol. The molecule has 4 heteroatoms. The van der Waals surface area contributed by atoms with Crippen LogP contribution in [0, 0.1) is 0 Å². The fourth-order valence-corrected chi connectivity index (χ4v) is 2.66. The molecule has 0 spiro atoms. The average molecular weight is 249 g/mol. The summed E-state index contributed by atoms with van der Waals surface area (Å²) in [5, 5.41) is 0. The molecule has 0 bridgehead atoms. The Hall–Kier alpha value is -1.13. The fourth-order valence-electron chi connectivity index (χ4n) is 2.66. The molecule has 3 atom stereocenters. The number of methoxy groups -OCH3 is 1. The maximum Gasteiger partial charge on any atom is 0.133 e. The van der Waals surface area contributed by atoms with E-state index in [0.717, 1.165) is 30.8 Å². The molecule has 0 radical (unpaired) electrons. The maximum atomic E-state index is 6.03. The van der Waals surface area contributed by atoms with Crippen molar-refractivity contribution >= 4 is 5.82 Å². The minimum absolute atomic E-state index is 0.0149. The standard InChI is InChI=1S/C14H23N3O/c1-10-9-12(18-3)6-8-17(10)14-13(11(2)15)5-4-7-16-14/h4-5,7,10-12H,6,8-9,15H2,1-3H3/t10?,11-,12?/m1/s1. The van der Waals surface area contributed by atoms with Gasteiger partial charge in [-0.3, -0.25) is 0 Å². The van der Waals surface area contributed by atoms with Crippen molar-refractivity contribution in [3.8, 4) is 0 Å². The van der Waals surface area contributed by atoms with E-state index in [0.29, 0.717) is 12.1 Å². The zero-order chi connectivity index (χ0) is 13.1. The maximum absolute atomic E-state index is 6.03. The van der Waals surface area contributed by atoms with E-state index in [1.54, 1.807) is 7.11 Å².